The first-order valence-corrected chi connectivity index (χ1v) is 9.69. The lowest BCUT2D eigenvalue weighted by atomic mass is 10.2. The van der Waals surface area contributed by atoms with Gasteiger partial charge in [-0.25, -0.2) is 14.2 Å². The first kappa shape index (κ1) is 20.9. The van der Waals surface area contributed by atoms with Crippen LogP contribution in [0.25, 0.3) is 0 Å². The normalized spacial score (nSPS) is 19.0. The van der Waals surface area contributed by atoms with E-state index in [0.717, 1.165) is 11.4 Å². The fourth-order valence-corrected chi connectivity index (χ4v) is 3.36. The van der Waals surface area contributed by atoms with Crippen molar-refractivity contribution in [2.24, 2.45) is 0 Å². The predicted molar refractivity (Wildman–Crippen MR) is 113 cm³/mol. The molecule has 0 aliphatic carbocycles. The number of pyridine rings is 1. The second-order valence-electron chi connectivity index (χ2n) is 7.56. The van der Waals surface area contributed by atoms with E-state index < -0.39 is 6.03 Å². The van der Waals surface area contributed by atoms with Crippen molar-refractivity contribution in [2.45, 2.75) is 32.6 Å². The molecule has 2 N–H and O–H groups in total. The molecule has 2 heterocycles. The summed E-state index contributed by atoms with van der Waals surface area (Å²) in [6.07, 6.45) is 1.81. The Hall–Kier alpha value is -2.87. The molecule has 1 aliphatic heterocycles. The largest absolute Gasteiger partial charge is 0.372 e. The van der Waals surface area contributed by atoms with E-state index in [2.05, 4.69) is 15.6 Å². The van der Waals surface area contributed by atoms with Gasteiger partial charge in [-0.15, -0.1) is 0 Å². The molecular formula is C21H28FN5O2. The average Bonchev–Trinajstić information content (AvgIpc) is 2.66. The third-order valence-electron chi connectivity index (χ3n) is 4.69. The molecule has 0 radical (unpaired) electrons. The quantitative estimate of drug-likeness (QED) is 0.805. The summed E-state index contributed by atoms with van der Waals surface area (Å²) in [7, 11) is 3.83. The third-order valence-corrected chi connectivity index (χ3v) is 4.69. The van der Waals surface area contributed by atoms with Gasteiger partial charge in [-0.1, -0.05) is 6.07 Å². The predicted octanol–water partition coefficient (Wildman–Crippen LogP) is 3.22. The highest BCUT2D eigenvalue weighted by Gasteiger charge is 2.24. The molecule has 2 aromatic rings. The topological polar surface area (TPSA) is 69.7 Å². The monoisotopic (exact) mass is 401 g/mol. The molecule has 1 fully saturated rings. The lowest BCUT2D eigenvalue weighted by molar-refractivity contribution is -0.00539. The zero-order chi connectivity index (χ0) is 21.0. The van der Waals surface area contributed by atoms with Gasteiger partial charge < -0.3 is 25.2 Å². The number of hydrogen-bond donors (Lipinski definition) is 2. The Balaban J connectivity index is 1.56. The smallest absolute Gasteiger partial charge is 0.319 e. The molecule has 1 aliphatic rings. The number of ether oxygens (including phenoxy) is 1. The van der Waals surface area contributed by atoms with Gasteiger partial charge in [0, 0.05) is 45.6 Å². The SMILES string of the molecule is CC1CN(c2ccc(NC(=O)NCc3ccc(N(C)C)nc3)cc2F)CC(C)O1. The maximum atomic E-state index is 14.6. The number of nitrogens with zero attached hydrogens (tertiary/aromatic N) is 3. The lowest BCUT2D eigenvalue weighted by Crippen LogP contribution is -2.45. The zero-order valence-electron chi connectivity index (χ0n) is 17.3. The average molecular weight is 401 g/mol. The molecule has 2 amide bonds. The second kappa shape index (κ2) is 9.09. The molecule has 1 aromatic heterocycles. The van der Waals surface area contributed by atoms with Gasteiger partial charge in [0.2, 0.25) is 0 Å². The van der Waals surface area contributed by atoms with E-state index in [0.29, 0.717) is 31.0 Å². The minimum absolute atomic E-state index is 0.0445. The van der Waals surface area contributed by atoms with Crippen LogP contribution in [0, 0.1) is 5.82 Å². The molecule has 156 valence electrons. The summed E-state index contributed by atoms with van der Waals surface area (Å²) in [5.74, 6) is 0.477. The summed E-state index contributed by atoms with van der Waals surface area (Å²) in [5, 5.41) is 5.42. The third kappa shape index (κ3) is 5.57. The number of benzene rings is 1. The molecule has 2 unspecified atom stereocenters. The fourth-order valence-electron chi connectivity index (χ4n) is 3.36. The number of amides is 2. The van der Waals surface area contributed by atoms with E-state index in [4.69, 9.17) is 4.74 Å². The van der Waals surface area contributed by atoms with Crippen molar-refractivity contribution in [2.75, 3.05) is 42.3 Å². The van der Waals surface area contributed by atoms with Crippen molar-refractivity contribution >= 4 is 23.2 Å². The molecule has 3 rings (SSSR count). The number of aromatic nitrogens is 1. The second-order valence-corrected chi connectivity index (χ2v) is 7.56. The Morgan fingerprint density at radius 2 is 1.97 bits per heavy atom. The number of carbonyl (C=O) groups excluding carboxylic acids is 1. The van der Waals surface area contributed by atoms with Crippen LogP contribution >= 0.6 is 0 Å². The number of morpholine rings is 1. The molecular weight excluding hydrogens is 373 g/mol. The van der Waals surface area contributed by atoms with E-state index in [1.807, 2.05) is 49.9 Å². The highest BCUT2D eigenvalue weighted by atomic mass is 19.1. The van der Waals surface area contributed by atoms with Crippen LogP contribution in [0.5, 0.6) is 0 Å². The van der Waals surface area contributed by atoms with Crippen molar-refractivity contribution in [3.8, 4) is 0 Å². The van der Waals surface area contributed by atoms with Crippen LogP contribution < -0.4 is 20.4 Å². The Bertz CT molecular complexity index is 833. The Morgan fingerprint density at radius 3 is 2.55 bits per heavy atom. The number of urea groups is 1. The molecule has 7 nitrogen and oxygen atoms in total. The Labute approximate surface area is 170 Å². The summed E-state index contributed by atoms with van der Waals surface area (Å²) in [6, 6.07) is 8.13. The number of hydrogen-bond acceptors (Lipinski definition) is 5. The number of nitrogens with one attached hydrogen (secondary N) is 2. The summed E-state index contributed by atoms with van der Waals surface area (Å²) in [5.41, 5.74) is 1.80. The Kier molecular flexibility index (Phi) is 6.53. The maximum Gasteiger partial charge on any atom is 0.319 e. The van der Waals surface area contributed by atoms with Crippen LogP contribution in [0.3, 0.4) is 0 Å². The highest BCUT2D eigenvalue weighted by Crippen LogP contribution is 2.26. The first-order chi connectivity index (χ1) is 13.8. The van der Waals surface area contributed by atoms with Gasteiger partial charge in [-0.05, 0) is 43.7 Å². The zero-order valence-corrected chi connectivity index (χ0v) is 17.3. The van der Waals surface area contributed by atoms with Crippen LogP contribution in [0.15, 0.2) is 36.5 Å². The molecule has 0 saturated carbocycles. The van der Waals surface area contributed by atoms with E-state index in [9.17, 15) is 9.18 Å². The fraction of sp³-hybridized carbons (Fsp3) is 0.429. The molecule has 29 heavy (non-hydrogen) atoms. The van der Waals surface area contributed by atoms with E-state index in [-0.39, 0.29) is 18.0 Å². The standard InChI is InChI=1S/C21H28FN5O2/c1-14-12-27(13-15(2)29-14)19-7-6-17(9-18(19)22)25-21(28)24-11-16-5-8-20(23-10-16)26(3)4/h5-10,14-15H,11-13H2,1-4H3,(H2,24,25,28). The summed E-state index contributed by atoms with van der Waals surface area (Å²) in [6.45, 7) is 5.55. The highest BCUT2D eigenvalue weighted by molar-refractivity contribution is 5.89. The first-order valence-electron chi connectivity index (χ1n) is 9.69. The van der Waals surface area contributed by atoms with E-state index >= 15 is 0 Å². The number of anilines is 3. The van der Waals surface area contributed by atoms with Crippen molar-refractivity contribution in [1.82, 2.24) is 10.3 Å². The van der Waals surface area contributed by atoms with Gasteiger partial charge in [0.25, 0.3) is 0 Å². The summed E-state index contributed by atoms with van der Waals surface area (Å²) < 4.78 is 20.3. The molecule has 1 aromatic carbocycles. The molecule has 1 saturated heterocycles. The maximum absolute atomic E-state index is 14.6. The van der Waals surface area contributed by atoms with Crippen LogP contribution in [-0.2, 0) is 11.3 Å². The Morgan fingerprint density at radius 1 is 1.24 bits per heavy atom. The van der Waals surface area contributed by atoms with Gasteiger partial charge in [-0.2, -0.15) is 0 Å². The van der Waals surface area contributed by atoms with Crippen LogP contribution in [0.1, 0.15) is 19.4 Å². The number of carbonyl (C=O) groups is 1. The molecule has 2 atom stereocenters. The van der Waals surface area contributed by atoms with Crippen molar-refractivity contribution in [3.05, 3.63) is 47.9 Å². The summed E-state index contributed by atoms with van der Waals surface area (Å²) in [4.78, 5) is 20.3. The van der Waals surface area contributed by atoms with Gasteiger partial charge in [0.05, 0.1) is 17.9 Å². The molecule has 8 heteroatoms. The van der Waals surface area contributed by atoms with E-state index in [1.54, 1.807) is 18.3 Å². The van der Waals surface area contributed by atoms with E-state index in [1.165, 1.54) is 6.07 Å². The van der Waals surface area contributed by atoms with Gasteiger partial charge in [-0.3, -0.25) is 0 Å². The summed E-state index contributed by atoms with van der Waals surface area (Å²) >= 11 is 0. The number of rotatable bonds is 5. The minimum Gasteiger partial charge on any atom is -0.372 e. The van der Waals surface area contributed by atoms with Crippen molar-refractivity contribution in [3.63, 3.8) is 0 Å². The van der Waals surface area contributed by atoms with Crippen LogP contribution in [0.4, 0.5) is 26.4 Å². The van der Waals surface area contributed by atoms with Gasteiger partial charge in [0.15, 0.2) is 0 Å². The van der Waals surface area contributed by atoms with Crippen molar-refractivity contribution in [1.29, 1.82) is 0 Å². The molecule has 0 bridgehead atoms. The van der Waals surface area contributed by atoms with Crippen molar-refractivity contribution < 1.29 is 13.9 Å². The molecule has 0 spiro atoms. The lowest BCUT2D eigenvalue weighted by Gasteiger charge is -2.37. The number of halogens is 1. The van der Waals surface area contributed by atoms with Crippen LogP contribution in [-0.4, -0.2) is 50.4 Å². The van der Waals surface area contributed by atoms with Gasteiger partial charge >= 0.3 is 6.03 Å². The van der Waals surface area contributed by atoms with Gasteiger partial charge in [0.1, 0.15) is 11.6 Å². The minimum atomic E-state index is -0.401. The van der Waals surface area contributed by atoms with Crippen LogP contribution in [0.2, 0.25) is 0 Å².